The molecule has 3 aliphatic heterocycles. The number of carbonyl (C=O) groups excluding carboxylic acids is 2. The van der Waals surface area contributed by atoms with Crippen LogP contribution >= 0.6 is 0 Å². The number of imidazole rings is 1. The van der Waals surface area contributed by atoms with Crippen molar-refractivity contribution < 1.29 is 14.3 Å². The van der Waals surface area contributed by atoms with Crippen LogP contribution in [0.5, 0.6) is 0 Å². The molecule has 2 amide bonds. The van der Waals surface area contributed by atoms with Crippen molar-refractivity contribution in [3.05, 3.63) is 18.2 Å². The van der Waals surface area contributed by atoms with Gasteiger partial charge in [-0.05, 0) is 12.8 Å². The zero-order valence-corrected chi connectivity index (χ0v) is 14.8. The van der Waals surface area contributed by atoms with Crippen molar-refractivity contribution in [3.63, 3.8) is 0 Å². The van der Waals surface area contributed by atoms with Gasteiger partial charge in [-0.1, -0.05) is 6.92 Å². The molecule has 25 heavy (non-hydrogen) atoms. The van der Waals surface area contributed by atoms with E-state index in [4.69, 9.17) is 4.74 Å². The molecule has 7 nitrogen and oxygen atoms in total. The van der Waals surface area contributed by atoms with Crippen LogP contribution in [0, 0.1) is 0 Å². The predicted octanol–water partition coefficient (Wildman–Crippen LogP) is 1.13. The molecule has 1 unspecified atom stereocenters. The van der Waals surface area contributed by atoms with Crippen molar-refractivity contribution in [2.75, 3.05) is 26.2 Å². The van der Waals surface area contributed by atoms with Crippen molar-refractivity contribution in [2.24, 2.45) is 0 Å². The van der Waals surface area contributed by atoms with Crippen LogP contribution < -0.4 is 0 Å². The molecule has 0 bridgehead atoms. The number of hydrogen-bond donors (Lipinski definition) is 0. The lowest BCUT2D eigenvalue weighted by atomic mass is 9.88. The van der Waals surface area contributed by atoms with E-state index >= 15 is 0 Å². The van der Waals surface area contributed by atoms with Crippen LogP contribution in [-0.2, 0) is 26.5 Å². The van der Waals surface area contributed by atoms with Crippen LogP contribution in [0.25, 0.3) is 0 Å². The Kier molecular flexibility index (Phi) is 4.27. The Morgan fingerprint density at radius 1 is 1.20 bits per heavy atom. The summed E-state index contributed by atoms with van der Waals surface area (Å²) in [6, 6.07) is 0. The lowest BCUT2D eigenvalue weighted by Crippen LogP contribution is -2.55. The number of likely N-dealkylation sites (tertiary alicyclic amines) is 2. The summed E-state index contributed by atoms with van der Waals surface area (Å²) in [7, 11) is 0. The number of rotatable bonds is 2. The van der Waals surface area contributed by atoms with E-state index in [1.165, 1.54) is 0 Å². The SMILES string of the molecule is CCC(=O)N1CCC2(CC1)OC(C(=O)N1CCCC1)Cn1ccnc12. The van der Waals surface area contributed by atoms with Gasteiger partial charge in [0.25, 0.3) is 5.91 Å². The maximum absolute atomic E-state index is 12.9. The summed E-state index contributed by atoms with van der Waals surface area (Å²) in [5.74, 6) is 1.18. The highest BCUT2D eigenvalue weighted by molar-refractivity contribution is 5.81. The van der Waals surface area contributed by atoms with Crippen molar-refractivity contribution in [1.29, 1.82) is 0 Å². The van der Waals surface area contributed by atoms with E-state index in [1.54, 1.807) is 6.20 Å². The minimum Gasteiger partial charge on any atom is -0.352 e. The molecule has 0 radical (unpaired) electrons. The van der Waals surface area contributed by atoms with Gasteiger partial charge in [0.1, 0.15) is 11.4 Å². The van der Waals surface area contributed by atoms with Crippen LogP contribution in [0.2, 0.25) is 0 Å². The molecule has 0 N–H and O–H groups in total. The number of aromatic nitrogens is 2. The minimum atomic E-state index is -0.549. The monoisotopic (exact) mass is 346 g/mol. The molecule has 1 atom stereocenters. The average molecular weight is 346 g/mol. The van der Waals surface area contributed by atoms with Gasteiger partial charge in [-0.2, -0.15) is 0 Å². The molecule has 0 aromatic carbocycles. The first kappa shape index (κ1) is 16.6. The van der Waals surface area contributed by atoms with Crippen molar-refractivity contribution in [3.8, 4) is 0 Å². The molecule has 1 aromatic rings. The predicted molar refractivity (Wildman–Crippen MR) is 90.7 cm³/mol. The molecular formula is C18H26N4O3. The Hall–Kier alpha value is -1.89. The highest BCUT2D eigenvalue weighted by atomic mass is 16.5. The standard InChI is InChI=1S/C18H26N4O3/c1-2-15(23)20-10-5-18(6-11-20)17-19-7-12-22(17)13-14(25-18)16(24)21-8-3-4-9-21/h7,12,14H,2-6,8-11,13H2,1H3. The van der Waals surface area contributed by atoms with Gasteiger partial charge in [0.05, 0.1) is 6.54 Å². The van der Waals surface area contributed by atoms with Crippen molar-refractivity contribution >= 4 is 11.8 Å². The summed E-state index contributed by atoms with van der Waals surface area (Å²) in [6.07, 6.45) is 7.34. The van der Waals surface area contributed by atoms with Gasteiger partial charge in [-0.15, -0.1) is 0 Å². The Labute approximate surface area is 147 Å². The number of nitrogens with zero attached hydrogens (tertiary/aromatic N) is 4. The maximum atomic E-state index is 12.9. The quantitative estimate of drug-likeness (QED) is 0.805. The highest BCUT2D eigenvalue weighted by Gasteiger charge is 2.48. The highest BCUT2D eigenvalue weighted by Crippen LogP contribution is 2.40. The Morgan fingerprint density at radius 3 is 2.60 bits per heavy atom. The number of fused-ring (bicyclic) bond motifs is 2. The van der Waals surface area contributed by atoms with E-state index in [0.29, 0.717) is 38.9 Å². The number of hydrogen-bond acceptors (Lipinski definition) is 4. The number of ether oxygens (including phenoxy) is 1. The van der Waals surface area contributed by atoms with Gasteiger partial charge in [0, 0.05) is 57.8 Å². The second-order valence-corrected chi connectivity index (χ2v) is 7.27. The molecular weight excluding hydrogens is 320 g/mol. The van der Waals surface area contributed by atoms with Crippen molar-refractivity contribution in [1.82, 2.24) is 19.4 Å². The third-order valence-corrected chi connectivity index (χ3v) is 5.77. The summed E-state index contributed by atoms with van der Waals surface area (Å²) in [4.78, 5) is 33.2. The van der Waals surface area contributed by atoms with Gasteiger partial charge in [0.2, 0.25) is 5.91 Å². The van der Waals surface area contributed by atoms with Gasteiger partial charge in [-0.3, -0.25) is 9.59 Å². The first-order valence-corrected chi connectivity index (χ1v) is 9.39. The molecule has 1 spiro atoms. The fourth-order valence-corrected chi connectivity index (χ4v) is 4.35. The van der Waals surface area contributed by atoms with Crippen LogP contribution in [-0.4, -0.2) is 63.4 Å². The molecule has 4 heterocycles. The van der Waals surface area contributed by atoms with Crippen LogP contribution in [0.4, 0.5) is 0 Å². The lowest BCUT2D eigenvalue weighted by Gasteiger charge is -2.46. The van der Waals surface area contributed by atoms with Crippen LogP contribution in [0.15, 0.2) is 12.4 Å². The summed E-state index contributed by atoms with van der Waals surface area (Å²) in [5.41, 5.74) is -0.549. The third kappa shape index (κ3) is 2.84. The van der Waals surface area contributed by atoms with E-state index in [1.807, 2.05) is 22.9 Å². The van der Waals surface area contributed by atoms with Gasteiger partial charge in [0.15, 0.2) is 6.10 Å². The normalized spacial score (nSPS) is 25.2. The van der Waals surface area contributed by atoms with Crippen molar-refractivity contribution in [2.45, 2.75) is 57.3 Å². The smallest absolute Gasteiger partial charge is 0.253 e. The Morgan fingerprint density at radius 2 is 1.92 bits per heavy atom. The van der Waals surface area contributed by atoms with E-state index in [-0.39, 0.29) is 11.8 Å². The van der Waals surface area contributed by atoms with Crippen LogP contribution in [0.1, 0.15) is 44.9 Å². The van der Waals surface area contributed by atoms with E-state index in [9.17, 15) is 9.59 Å². The first-order valence-electron chi connectivity index (χ1n) is 9.39. The van der Waals surface area contributed by atoms with Gasteiger partial charge >= 0.3 is 0 Å². The summed E-state index contributed by atoms with van der Waals surface area (Å²) < 4.78 is 8.49. The molecule has 3 aliphatic rings. The largest absolute Gasteiger partial charge is 0.352 e. The fourth-order valence-electron chi connectivity index (χ4n) is 4.35. The number of carbonyl (C=O) groups is 2. The zero-order valence-electron chi connectivity index (χ0n) is 14.8. The summed E-state index contributed by atoms with van der Waals surface area (Å²) >= 11 is 0. The van der Waals surface area contributed by atoms with Gasteiger partial charge < -0.3 is 19.1 Å². The topological polar surface area (TPSA) is 67.7 Å². The Balaban J connectivity index is 1.55. The molecule has 2 fully saturated rings. The average Bonchev–Trinajstić information content (AvgIpc) is 3.33. The summed E-state index contributed by atoms with van der Waals surface area (Å²) in [5, 5.41) is 0. The molecule has 0 saturated carbocycles. The molecule has 1 aromatic heterocycles. The number of amides is 2. The van der Waals surface area contributed by atoms with E-state index < -0.39 is 11.7 Å². The first-order chi connectivity index (χ1) is 12.1. The second kappa shape index (κ2) is 6.44. The van der Waals surface area contributed by atoms with Gasteiger partial charge in [-0.25, -0.2) is 4.98 Å². The maximum Gasteiger partial charge on any atom is 0.253 e. The molecule has 2 saturated heterocycles. The lowest BCUT2D eigenvalue weighted by molar-refractivity contribution is -0.182. The molecule has 4 rings (SSSR count). The molecule has 7 heteroatoms. The van der Waals surface area contributed by atoms with Crippen LogP contribution in [0.3, 0.4) is 0 Å². The van der Waals surface area contributed by atoms with E-state index in [2.05, 4.69) is 9.55 Å². The Bertz CT molecular complexity index is 657. The fraction of sp³-hybridized carbons (Fsp3) is 0.722. The number of piperidine rings is 1. The minimum absolute atomic E-state index is 0.100. The second-order valence-electron chi connectivity index (χ2n) is 7.27. The van der Waals surface area contributed by atoms with E-state index in [0.717, 1.165) is 31.8 Å². The zero-order chi connectivity index (χ0) is 17.4. The third-order valence-electron chi connectivity index (χ3n) is 5.77. The molecule has 136 valence electrons. The summed E-state index contributed by atoms with van der Waals surface area (Å²) in [6.45, 7) is 5.40. The molecule has 0 aliphatic carbocycles.